The van der Waals surface area contributed by atoms with E-state index < -0.39 is 13.7 Å². The summed E-state index contributed by atoms with van der Waals surface area (Å²) in [7, 11) is 2.50. The number of unbranched alkanes of at least 4 members (excludes halogenated alkanes) is 13. The van der Waals surface area contributed by atoms with Gasteiger partial charge in [0.2, 0.25) is 0 Å². The molecule has 0 aliphatic rings. The summed E-state index contributed by atoms with van der Waals surface area (Å²) >= 11 is 0. The third kappa shape index (κ3) is 24.7. The zero-order valence-electron chi connectivity index (χ0n) is 21.7. The maximum Gasteiger partial charge on any atom is 0.328 e. The summed E-state index contributed by atoms with van der Waals surface area (Å²) in [4.78, 5) is 9.85. The van der Waals surface area contributed by atoms with Crippen LogP contribution in [-0.4, -0.2) is 74.3 Å². The Labute approximate surface area is 199 Å². The summed E-state index contributed by atoms with van der Waals surface area (Å²) in [6.45, 7) is 3.69. The average Bonchev–Trinajstić information content (AvgIpc) is 2.71. The SMILES string of the molecule is CCCCCCCCCCCCCCCCOC[C@H](O)COP(=O)(O)CCC[N+](C)(C)C. The van der Waals surface area contributed by atoms with Crippen LogP contribution in [0.25, 0.3) is 0 Å². The molecule has 0 aliphatic carbocycles. The Morgan fingerprint density at radius 1 is 0.750 bits per heavy atom. The van der Waals surface area contributed by atoms with E-state index in [4.69, 9.17) is 9.26 Å². The number of aliphatic hydroxyl groups excluding tert-OH is 1. The summed E-state index contributed by atoms with van der Waals surface area (Å²) in [6.07, 6.45) is 18.4. The van der Waals surface area contributed by atoms with E-state index in [2.05, 4.69) is 6.92 Å². The number of hydrogen-bond acceptors (Lipinski definition) is 4. The monoisotopic (exact) mass is 480 g/mol. The van der Waals surface area contributed by atoms with Crippen molar-refractivity contribution < 1.29 is 28.3 Å². The van der Waals surface area contributed by atoms with E-state index in [9.17, 15) is 14.6 Å². The second-order valence-corrected chi connectivity index (χ2v) is 12.3. The van der Waals surface area contributed by atoms with Gasteiger partial charge in [-0.15, -0.1) is 0 Å². The highest BCUT2D eigenvalue weighted by molar-refractivity contribution is 7.52. The Morgan fingerprint density at radius 3 is 1.69 bits per heavy atom. The Morgan fingerprint density at radius 2 is 1.22 bits per heavy atom. The minimum Gasteiger partial charge on any atom is -0.388 e. The van der Waals surface area contributed by atoms with Crippen LogP contribution >= 0.6 is 7.60 Å². The first-order valence-corrected chi connectivity index (χ1v) is 14.9. The Hall–Kier alpha value is 0.0300. The van der Waals surface area contributed by atoms with Crippen LogP contribution in [0, 0.1) is 0 Å². The molecule has 0 spiro atoms. The lowest BCUT2D eigenvalue weighted by atomic mass is 10.0. The van der Waals surface area contributed by atoms with Gasteiger partial charge < -0.3 is 23.7 Å². The molecule has 6 nitrogen and oxygen atoms in total. The summed E-state index contributed by atoms with van der Waals surface area (Å²) in [5.74, 6) is 0. The van der Waals surface area contributed by atoms with Gasteiger partial charge in [-0.3, -0.25) is 4.57 Å². The van der Waals surface area contributed by atoms with E-state index in [0.29, 0.717) is 13.0 Å². The molecular formula is C25H55NO5P+. The lowest BCUT2D eigenvalue weighted by Crippen LogP contribution is -2.35. The third-order valence-electron chi connectivity index (χ3n) is 5.69. The summed E-state index contributed by atoms with van der Waals surface area (Å²) < 4.78 is 23.3. The van der Waals surface area contributed by atoms with Crippen LogP contribution in [-0.2, 0) is 13.8 Å². The molecule has 194 valence electrons. The predicted molar refractivity (Wildman–Crippen MR) is 135 cm³/mol. The molecule has 0 saturated carbocycles. The smallest absolute Gasteiger partial charge is 0.328 e. The fourth-order valence-corrected chi connectivity index (χ4v) is 4.75. The molecule has 0 heterocycles. The molecule has 0 aromatic heterocycles. The number of rotatable bonds is 24. The summed E-state index contributed by atoms with van der Waals surface area (Å²) in [5.41, 5.74) is 0. The van der Waals surface area contributed by atoms with Crippen LogP contribution in [0.4, 0.5) is 0 Å². The van der Waals surface area contributed by atoms with Crippen LogP contribution in [0.5, 0.6) is 0 Å². The fourth-order valence-electron chi connectivity index (χ4n) is 3.68. The van der Waals surface area contributed by atoms with Gasteiger partial charge in [-0.1, -0.05) is 90.4 Å². The van der Waals surface area contributed by atoms with Crippen LogP contribution in [0.2, 0.25) is 0 Å². The van der Waals surface area contributed by atoms with Crippen molar-refractivity contribution in [1.29, 1.82) is 0 Å². The number of quaternary nitrogens is 1. The van der Waals surface area contributed by atoms with Gasteiger partial charge in [0, 0.05) is 13.0 Å². The summed E-state index contributed by atoms with van der Waals surface area (Å²) in [6, 6.07) is 0. The topological polar surface area (TPSA) is 76.0 Å². The van der Waals surface area contributed by atoms with Gasteiger partial charge in [0.05, 0.1) is 47.1 Å². The second kappa shape index (κ2) is 20.4. The van der Waals surface area contributed by atoms with Gasteiger partial charge in [0.25, 0.3) is 0 Å². The molecule has 0 rings (SSSR count). The quantitative estimate of drug-likeness (QED) is 0.0985. The molecule has 0 amide bonds. The first kappa shape index (κ1) is 32.0. The highest BCUT2D eigenvalue weighted by Crippen LogP contribution is 2.42. The van der Waals surface area contributed by atoms with E-state index in [1.54, 1.807) is 0 Å². The molecule has 0 bridgehead atoms. The normalized spacial score (nSPS) is 15.1. The zero-order valence-corrected chi connectivity index (χ0v) is 22.6. The van der Waals surface area contributed by atoms with Crippen molar-refractivity contribution in [2.75, 3.05) is 53.7 Å². The molecule has 0 aromatic rings. The molecule has 0 aromatic carbocycles. The van der Waals surface area contributed by atoms with E-state index in [0.717, 1.165) is 23.9 Å². The molecule has 2 N–H and O–H groups in total. The van der Waals surface area contributed by atoms with E-state index in [1.807, 2.05) is 21.1 Å². The van der Waals surface area contributed by atoms with Crippen LogP contribution in [0.1, 0.15) is 103 Å². The number of ether oxygens (including phenoxy) is 1. The lowest BCUT2D eigenvalue weighted by Gasteiger charge is -2.24. The van der Waals surface area contributed by atoms with Gasteiger partial charge in [0.1, 0.15) is 6.10 Å². The van der Waals surface area contributed by atoms with Gasteiger partial charge in [-0.25, -0.2) is 0 Å². The van der Waals surface area contributed by atoms with E-state index >= 15 is 0 Å². The molecule has 0 radical (unpaired) electrons. The Bertz CT molecular complexity index is 456. The molecule has 32 heavy (non-hydrogen) atoms. The maximum atomic E-state index is 12.0. The molecular weight excluding hydrogens is 425 g/mol. The first-order chi connectivity index (χ1) is 15.2. The molecule has 2 atom stereocenters. The highest BCUT2D eigenvalue weighted by Gasteiger charge is 2.22. The van der Waals surface area contributed by atoms with Gasteiger partial charge >= 0.3 is 7.60 Å². The Kier molecular flexibility index (Phi) is 20.4. The second-order valence-electron chi connectivity index (χ2n) is 10.3. The molecule has 7 heteroatoms. The van der Waals surface area contributed by atoms with Crippen LogP contribution < -0.4 is 0 Å². The van der Waals surface area contributed by atoms with Crippen molar-refractivity contribution in [3.8, 4) is 0 Å². The first-order valence-electron chi connectivity index (χ1n) is 13.2. The minimum atomic E-state index is -3.63. The summed E-state index contributed by atoms with van der Waals surface area (Å²) in [5, 5.41) is 9.90. The highest BCUT2D eigenvalue weighted by atomic mass is 31.2. The Balaban J connectivity index is 3.40. The molecule has 0 aliphatic heterocycles. The van der Waals surface area contributed by atoms with Crippen molar-refractivity contribution in [1.82, 2.24) is 0 Å². The van der Waals surface area contributed by atoms with Crippen molar-refractivity contribution in [2.24, 2.45) is 0 Å². The lowest BCUT2D eigenvalue weighted by molar-refractivity contribution is -0.870. The van der Waals surface area contributed by atoms with E-state index in [-0.39, 0.29) is 19.4 Å². The minimum absolute atomic E-state index is 0.120. The number of nitrogens with zero attached hydrogens (tertiary/aromatic N) is 1. The van der Waals surface area contributed by atoms with Gasteiger partial charge in [-0.2, -0.15) is 0 Å². The van der Waals surface area contributed by atoms with Crippen LogP contribution in [0.3, 0.4) is 0 Å². The van der Waals surface area contributed by atoms with Crippen molar-refractivity contribution in [3.63, 3.8) is 0 Å². The number of hydrogen-bond donors (Lipinski definition) is 2. The van der Waals surface area contributed by atoms with E-state index in [1.165, 1.54) is 77.0 Å². The third-order valence-corrected chi connectivity index (χ3v) is 7.12. The van der Waals surface area contributed by atoms with Gasteiger partial charge in [0.15, 0.2) is 0 Å². The maximum absolute atomic E-state index is 12.0. The van der Waals surface area contributed by atoms with Gasteiger partial charge in [-0.05, 0) is 6.42 Å². The van der Waals surface area contributed by atoms with Crippen molar-refractivity contribution >= 4 is 7.60 Å². The standard InChI is InChI=1S/C25H54NO5P/c1-5-6-7-8-9-10-11-12-13-14-15-16-17-18-21-30-23-25(27)24-31-32(28,29)22-19-20-26(2,3)4/h25,27H,5-24H2,1-4H3/p+1/t25-/m0/s1. The molecule has 1 unspecified atom stereocenters. The molecule has 0 saturated heterocycles. The predicted octanol–water partition coefficient (Wildman–Crippen LogP) is 6.14. The van der Waals surface area contributed by atoms with Crippen LogP contribution in [0.15, 0.2) is 0 Å². The fraction of sp³-hybridized carbons (Fsp3) is 1.00. The van der Waals surface area contributed by atoms with Crippen molar-refractivity contribution in [3.05, 3.63) is 0 Å². The zero-order chi connectivity index (χ0) is 24.1. The largest absolute Gasteiger partial charge is 0.388 e. The number of aliphatic hydroxyl groups is 1. The van der Waals surface area contributed by atoms with Crippen molar-refractivity contribution in [2.45, 2.75) is 109 Å². The molecule has 0 fully saturated rings. The average molecular weight is 481 g/mol.